The van der Waals surface area contributed by atoms with E-state index in [0.29, 0.717) is 11.3 Å². The molecule has 0 aliphatic carbocycles. The summed E-state index contributed by atoms with van der Waals surface area (Å²) in [4.78, 5) is 0. The number of hydrogen-bond donors (Lipinski definition) is 3. The van der Waals surface area contributed by atoms with E-state index in [1.54, 1.807) is 0 Å². The van der Waals surface area contributed by atoms with Crippen molar-refractivity contribution >= 4 is 5.76 Å². The van der Waals surface area contributed by atoms with Gasteiger partial charge in [0.2, 0.25) is 0 Å². The van der Waals surface area contributed by atoms with Crippen molar-refractivity contribution in [3.8, 4) is 17.2 Å². The van der Waals surface area contributed by atoms with Gasteiger partial charge in [0, 0.05) is 5.56 Å². The van der Waals surface area contributed by atoms with Crippen molar-refractivity contribution in [3.05, 3.63) is 24.3 Å². The van der Waals surface area contributed by atoms with Gasteiger partial charge in [-0.2, -0.15) is 0 Å². The van der Waals surface area contributed by atoms with Crippen LogP contribution in [0, 0.1) is 0 Å². The van der Waals surface area contributed by atoms with Crippen LogP contribution < -0.4 is 0 Å². The summed E-state index contributed by atoms with van der Waals surface area (Å²) in [7, 11) is 1.42. The summed E-state index contributed by atoms with van der Waals surface area (Å²) in [5, 5.41) is 27.3. The Labute approximate surface area is 75.3 Å². The van der Waals surface area contributed by atoms with Crippen molar-refractivity contribution < 1.29 is 20.1 Å². The van der Waals surface area contributed by atoms with E-state index in [0.717, 1.165) is 0 Å². The average molecular weight is 182 g/mol. The van der Waals surface area contributed by atoms with Crippen LogP contribution in [0.15, 0.2) is 18.7 Å². The second-order valence-electron chi connectivity index (χ2n) is 2.49. The van der Waals surface area contributed by atoms with Crippen molar-refractivity contribution in [3.63, 3.8) is 0 Å². The fraction of sp³-hybridized carbons (Fsp3) is 0.111. The predicted octanol–water partition coefficient (Wildman–Crippen LogP) is 1.42. The maximum atomic E-state index is 9.12. The second kappa shape index (κ2) is 3.26. The number of phenolic OH excluding ortho intramolecular Hbond substituents is 3. The quantitative estimate of drug-likeness (QED) is 0.478. The molecule has 4 nitrogen and oxygen atoms in total. The van der Waals surface area contributed by atoms with Gasteiger partial charge in [0.15, 0.2) is 17.2 Å². The Hall–Kier alpha value is -1.84. The van der Waals surface area contributed by atoms with E-state index < -0.39 is 17.2 Å². The number of phenols is 3. The molecule has 0 aliphatic heterocycles. The van der Waals surface area contributed by atoms with Crippen LogP contribution >= 0.6 is 0 Å². The van der Waals surface area contributed by atoms with Gasteiger partial charge in [-0.3, -0.25) is 0 Å². The molecule has 4 heteroatoms. The van der Waals surface area contributed by atoms with Crippen molar-refractivity contribution in [2.75, 3.05) is 7.11 Å². The summed E-state index contributed by atoms with van der Waals surface area (Å²) >= 11 is 0. The van der Waals surface area contributed by atoms with Crippen LogP contribution in [0.4, 0.5) is 0 Å². The van der Waals surface area contributed by atoms with E-state index in [-0.39, 0.29) is 0 Å². The molecule has 0 radical (unpaired) electrons. The van der Waals surface area contributed by atoms with Crippen molar-refractivity contribution in [1.82, 2.24) is 0 Å². The highest BCUT2D eigenvalue weighted by Gasteiger charge is 2.09. The highest BCUT2D eigenvalue weighted by molar-refractivity contribution is 5.64. The summed E-state index contributed by atoms with van der Waals surface area (Å²) in [5.41, 5.74) is 0.412. The van der Waals surface area contributed by atoms with Crippen molar-refractivity contribution in [2.24, 2.45) is 0 Å². The van der Waals surface area contributed by atoms with E-state index in [1.807, 2.05) is 0 Å². The predicted molar refractivity (Wildman–Crippen MR) is 47.5 cm³/mol. The minimum Gasteiger partial charge on any atom is -0.504 e. The topological polar surface area (TPSA) is 69.9 Å². The van der Waals surface area contributed by atoms with Crippen LogP contribution in [0.25, 0.3) is 5.76 Å². The molecule has 0 amide bonds. The Balaban J connectivity index is 3.20. The molecule has 0 aliphatic rings. The number of methoxy groups -OCH3 is 1. The zero-order chi connectivity index (χ0) is 10.0. The largest absolute Gasteiger partial charge is 0.504 e. The molecule has 3 N–H and O–H groups in total. The Bertz CT molecular complexity index is 320. The highest BCUT2D eigenvalue weighted by atomic mass is 16.5. The molecular weight excluding hydrogens is 172 g/mol. The van der Waals surface area contributed by atoms with Crippen LogP contribution in [0.3, 0.4) is 0 Å². The standard InChI is InChI=1S/C9H10O4/c1-5(13-2)6-3-7(10)9(12)8(11)4-6/h3-4,10-12H,1H2,2H3. The first-order valence-electron chi connectivity index (χ1n) is 3.54. The number of hydrogen-bond acceptors (Lipinski definition) is 4. The monoisotopic (exact) mass is 182 g/mol. The number of aromatic hydroxyl groups is 3. The lowest BCUT2D eigenvalue weighted by atomic mass is 10.1. The maximum absolute atomic E-state index is 9.12. The lowest BCUT2D eigenvalue weighted by Gasteiger charge is -2.06. The van der Waals surface area contributed by atoms with E-state index in [4.69, 9.17) is 20.1 Å². The molecule has 1 aromatic rings. The molecule has 0 aromatic heterocycles. The molecule has 0 saturated carbocycles. The fourth-order valence-electron chi connectivity index (χ4n) is 0.883. The number of benzene rings is 1. The van der Waals surface area contributed by atoms with Crippen LogP contribution in [0.5, 0.6) is 17.2 Å². The molecule has 0 heterocycles. The minimum atomic E-state index is -0.548. The summed E-state index contributed by atoms with van der Waals surface area (Å²) in [6.07, 6.45) is 0. The van der Waals surface area contributed by atoms with Crippen LogP contribution in [0.2, 0.25) is 0 Å². The first-order chi connectivity index (χ1) is 6.06. The van der Waals surface area contributed by atoms with Gasteiger partial charge in [-0.05, 0) is 12.1 Å². The van der Waals surface area contributed by atoms with Crippen LogP contribution in [-0.4, -0.2) is 22.4 Å². The van der Waals surface area contributed by atoms with Gasteiger partial charge in [-0.1, -0.05) is 6.58 Å². The van der Waals surface area contributed by atoms with Gasteiger partial charge in [-0.15, -0.1) is 0 Å². The molecule has 0 fully saturated rings. The zero-order valence-corrected chi connectivity index (χ0v) is 7.11. The van der Waals surface area contributed by atoms with Crippen molar-refractivity contribution in [1.29, 1.82) is 0 Å². The third kappa shape index (κ3) is 1.66. The minimum absolute atomic E-state index is 0.297. The van der Waals surface area contributed by atoms with E-state index in [1.165, 1.54) is 19.2 Å². The molecule has 1 rings (SSSR count). The lowest BCUT2D eigenvalue weighted by molar-refractivity contribution is 0.360. The Morgan fingerprint density at radius 1 is 1.23 bits per heavy atom. The lowest BCUT2D eigenvalue weighted by Crippen LogP contribution is -1.85. The summed E-state index contributed by atoms with van der Waals surface area (Å²) < 4.78 is 4.79. The normalized spacial score (nSPS) is 9.62. The third-order valence-electron chi connectivity index (χ3n) is 1.64. The van der Waals surface area contributed by atoms with Gasteiger partial charge in [0.25, 0.3) is 0 Å². The van der Waals surface area contributed by atoms with Crippen LogP contribution in [0.1, 0.15) is 5.56 Å². The van der Waals surface area contributed by atoms with Gasteiger partial charge in [-0.25, -0.2) is 0 Å². The van der Waals surface area contributed by atoms with Gasteiger partial charge in [0.1, 0.15) is 5.76 Å². The third-order valence-corrected chi connectivity index (χ3v) is 1.64. The smallest absolute Gasteiger partial charge is 0.200 e. The first-order valence-corrected chi connectivity index (χ1v) is 3.54. The molecule has 0 unspecified atom stereocenters. The van der Waals surface area contributed by atoms with Gasteiger partial charge in [0.05, 0.1) is 7.11 Å². The molecule has 0 saturated heterocycles. The molecule has 0 bridgehead atoms. The molecule has 0 atom stereocenters. The first kappa shape index (κ1) is 9.25. The summed E-state index contributed by atoms with van der Waals surface area (Å²) in [6, 6.07) is 2.50. The van der Waals surface area contributed by atoms with Crippen molar-refractivity contribution in [2.45, 2.75) is 0 Å². The van der Waals surface area contributed by atoms with E-state index >= 15 is 0 Å². The number of rotatable bonds is 2. The summed E-state index contributed by atoms with van der Waals surface area (Å²) in [5.74, 6) is -1.07. The fourth-order valence-corrected chi connectivity index (χ4v) is 0.883. The highest BCUT2D eigenvalue weighted by Crippen LogP contribution is 2.36. The molecular formula is C9H10O4. The average Bonchev–Trinajstić information content (AvgIpc) is 2.12. The molecule has 70 valence electrons. The van der Waals surface area contributed by atoms with E-state index in [9.17, 15) is 0 Å². The molecule has 0 spiro atoms. The Morgan fingerprint density at radius 3 is 2.08 bits per heavy atom. The van der Waals surface area contributed by atoms with E-state index in [2.05, 4.69) is 6.58 Å². The Morgan fingerprint density at radius 2 is 1.69 bits per heavy atom. The SMILES string of the molecule is C=C(OC)c1cc(O)c(O)c(O)c1. The Kier molecular flexibility index (Phi) is 2.32. The van der Waals surface area contributed by atoms with Crippen LogP contribution in [-0.2, 0) is 4.74 Å². The maximum Gasteiger partial charge on any atom is 0.200 e. The molecule has 13 heavy (non-hydrogen) atoms. The second-order valence-corrected chi connectivity index (χ2v) is 2.49. The van der Waals surface area contributed by atoms with Gasteiger partial charge >= 0.3 is 0 Å². The zero-order valence-electron chi connectivity index (χ0n) is 7.11. The van der Waals surface area contributed by atoms with Gasteiger partial charge < -0.3 is 20.1 Å². The summed E-state index contributed by atoms with van der Waals surface area (Å²) in [6.45, 7) is 3.53. The number of ether oxygens (including phenoxy) is 1. The molecule has 1 aromatic carbocycles.